The normalized spacial score (nSPS) is 21.1. The Hall–Kier alpha value is -8.63. The Morgan fingerprint density at radius 3 is 0.936 bits per heavy atom. The highest BCUT2D eigenvalue weighted by atomic mass is 16.7. The van der Waals surface area contributed by atoms with Gasteiger partial charge in [-0.05, 0) is 130 Å². The van der Waals surface area contributed by atoms with E-state index >= 15 is 0 Å². The first-order valence-corrected chi connectivity index (χ1v) is 25.8. The number of hydrogen-bond acceptors (Lipinski definition) is 17. The van der Waals surface area contributed by atoms with Crippen molar-refractivity contribution in [2.75, 3.05) is 20.4 Å². The summed E-state index contributed by atoms with van der Waals surface area (Å²) in [5.41, 5.74) is 12.9. The van der Waals surface area contributed by atoms with Crippen molar-refractivity contribution in [3.63, 3.8) is 0 Å². The molecule has 3 heterocycles. The molecule has 78 heavy (non-hydrogen) atoms. The number of nitrogens with two attached hydrogens (primary N) is 2. The number of phenolic OH excluding ortho intramolecular Hbond substituents is 4. The summed E-state index contributed by atoms with van der Waals surface area (Å²) in [6.45, 7) is 0.492. The Balaban J connectivity index is 0.000000153. The van der Waals surface area contributed by atoms with Crippen LogP contribution in [0.1, 0.15) is 129 Å². The largest absolute Gasteiger partial charge is 0.504 e. The van der Waals surface area contributed by atoms with Crippen LogP contribution in [0, 0.1) is 0 Å². The molecular weight excluding hydrogens is 1010 g/mol. The number of carbonyl (C=O) groups excluding carboxylic acids is 4. The highest BCUT2D eigenvalue weighted by molar-refractivity contribution is 5.97. The lowest BCUT2D eigenvalue weighted by Crippen LogP contribution is -2.53. The van der Waals surface area contributed by atoms with Crippen molar-refractivity contribution < 1.29 is 77.9 Å². The first-order chi connectivity index (χ1) is 37.6. The van der Waals surface area contributed by atoms with Gasteiger partial charge in [0.1, 0.15) is 0 Å². The van der Waals surface area contributed by atoms with Gasteiger partial charge in [0.05, 0.1) is 5.56 Å². The highest BCUT2D eigenvalue weighted by Crippen LogP contribution is 2.35. The minimum Gasteiger partial charge on any atom is -0.504 e. The summed E-state index contributed by atoms with van der Waals surface area (Å²) in [5.74, 6) is -0.0515. The number of benzene rings is 5. The molecule has 3 saturated carbocycles. The average molecular weight is 1080 g/mol. The number of nitrogens with one attached hydrogen (secondary N) is 4. The summed E-state index contributed by atoms with van der Waals surface area (Å²) in [6.07, 6.45) is 11.6. The topological polar surface area (TPSA) is 342 Å². The van der Waals surface area contributed by atoms with E-state index in [2.05, 4.69) is 21.3 Å². The van der Waals surface area contributed by atoms with Crippen molar-refractivity contribution in [1.82, 2.24) is 21.3 Å². The van der Waals surface area contributed by atoms with Crippen LogP contribution in [0.25, 0.3) is 0 Å². The zero-order valence-corrected chi connectivity index (χ0v) is 42.6. The maximum atomic E-state index is 12.8. The number of carboxylic acids is 1. The number of rotatable bonds is 9. The van der Waals surface area contributed by atoms with Crippen LogP contribution in [0.4, 0.5) is 0 Å². The minimum atomic E-state index is -0.965. The van der Waals surface area contributed by atoms with Gasteiger partial charge in [-0.2, -0.15) is 0 Å². The van der Waals surface area contributed by atoms with E-state index < -0.39 is 17.8 Å². The molecule has 22 nitrogen and oxygen atoms in total. The van der Waals surface area contributed by atoms with Crippen LogP contribution < -0.4 is 61.2 Å². The van der Waals surface area contributed by atoms with E-state index in [-0.39, 0.29) is 108 Å². The quantitative estimate of drug-likeness (QED) is 0.0763. The van der Waals surface area contributed by atoms with Crippen LogP contribution in [0.5, 0.6) is 57.5 Å². The van der Waals surface area contributed by atoms with Crippen molar-refractivity contribution in [3.8, 4) is 57.5 Å². The van der Waals surface area contributed by atoms with Gasteiger partial charge >= 0.3 is 5.97 Å². The second kappa shape index (κ2) is 25.9. The maximum absolute atomic E-state index is 12.8. The number of aromatic carboxylic acids is 1. The number of fused-ring (bicyclic) bond motifs is 3. The molecule has 5 aromatic carbocycles. The molecule has 0 radical (unpaired) electrons. The fourth-order valence-electron chi connectivity index (χ4n) is 9.58. The SMILES string of the molecule is N[C@@H]1CCCC[C@@H]1N.O=C(N[C@H]1CCCC[C@H]1NC(=O)c1ccc(O)c(O)c1)c1ccc(O)c(O)c1.O=C(N[C@H]1CCCC[C@H]1NC(=O)c1ccc2c(c1)OCO2)c1ccc2c(c1)OCO2.O=C(O)c1ccc2c(c1)OCO2. The minimum absolute atomic E-state index is 0.144. The molecule has 22 heteroatoms. The Morgan fingerprint density at radius 2 is 0.628 bits per heavy atom. The standard InChI is InChI=1S/C22H22N2O6.C20H22N2O6.C8H6O4.C6H14N2/c25-21(13-5-7-17-19(9-13)29-11-27-17)23-15-3-1-2-4-16(15)24-22(26)14-6-8-18-20(10-14)30-12-28-18;23-15-7-5-11(9-17(15)25)19(27)21-13-3-1-2-4-14(13)22-20(28)12-6-8-16(24)18(26)10-12;9-8(10)5-1-2-6-7(3-5)12-4-11-6;7-5-3-1-2-4-6(5)8/h5-10,15-16H,1-4,11-12H2,(H,23,25)(H,24,26);5-10,13-14,23-26H,1-4H2,(H,21,27)(H,22,28);1-3H,4H2,(H,9,10);5-6H,1-4,7-8H2/t15-,16+;13-,14+;;5-,6+. The van der Waals surface area contributed by atoms with Crippen LogP contribution in [-0.2, 0) is 0 Å². The third-order valence-electron chi connectivity index (χ3n) is 14.0. The fraction of sp³-hybridized carbons (Fsp3) is 0.375. The summed E-state index contributed by atoms with van der Waals surface area (Å²) in [5, 5.41) is 58.4. The van der Waals surface area contributed by atoms with Gasteiger partial charge in [-0.15, -0.1) is 0 Å². The summed E-state index contributed by atoms with van der Waals surface area (Å²) in [4.78, 5) is 61.1. The van der Waals surface area contributed by atoms with Crippen LogP contribution >= 0.6 is 0 Å². The molecule has 0 spiro atoms. The van der Waals surface area contributed by atoms with Gasteiger partial charge in [0.25, 0.3) is 23.6 Å². The van der Waals surface area contributed by atoms with Gasteiger partial charge in [-0.3, -0.25) is 19.2 Å². The van der Waals surface area contributed by atoms with Crippen molar-refractivity contribution in [2.24, 2.45) is 11.5 Å². The van der Waals surface area contributed by atoms with Crippen LogP contribution in [0.3, 0.4) is 0 Å². The van der Waals surface area contributed by atoms with E-state index in [0.717, 1.165) is 51.4 Å². The van der Waals surface area contributed by atoms with E-state index in [1.54, 1.807) is 42.5 Å². The fourth-order valence-corrected chi connectivity index (χ4v) is 9.58. The summed E-state index contributed by atoms with van der Waals surface area (Å²) in [6, 6.07) is 22.1. The molecule has 6 aliphatic rings. The third kappa shape index (κ3) is 14.4. The van der Waals surface area contributed by atoms with Crippen LogP contribution in [0.2, 0.25) is 0 Å². The molecule has 3 aliphatic carbocycles. The molecule has 0 unspecified atom stereocenters. The van der Waals surface area contributed by atoms with Gasteiger partial charge in [-0.1, -0.05) is 38.5 Å². The van der Waals surface area contributed by atoms with Crippen LogP contribution in [0.15, 0.2) is 91.0 Å². The van der Waals surface area contributed by atoms with Gasteiger partial charge in [0.15, 0.2) is 57.5 Å². The first-order valence-electron chi connectivity index (χ1n) is 25.8. The Labute approximate surface area is 448 Å². The number of aromatic hydroxyl groups is 4. The lowest BCUT2D eigenvalue weighted by Gasteiger charge is -2.33. The summed E-state index contributed by atoms with van der Waals surface area (Å²) >= 11 is 0. The Kier molecular flexibility index (Phi) is 18.5. The number of phenols is 4. The molecule has 0 bridgehead atoms. The molecule has 0 saturated heterocycles. The third-order valence-corrected chi connectivity index (χ3v) is 14.0. The number of hydrogen-bond donors (Lipinski definition) is 11. The molecule has 5 aromatic rings. The molecule has 11 rings (SSSR count). The van der Waals surface area contributed by atoms with Crippen molar-refractivity contribution in [2.45, 2.75) is 113 Å². The van der Waals surface area contributed by atoms with Gasteiger partial charge < -0.3 is 86.7 Å². The molecule has 13 N–H and O–H groups in total. The molecule has 3 fully saturated rings. The van der Waals surface area contributed by atoms with Gasteiger partial charge in [0.2, 0.25) is 20.4 Å². The van der Waals surface area contributed by atoms with E-state index in [1.807, 2.05) is 0 Å². The molecule has 6 atom stereocenters. The van der Waals surface area contributed by atoms with Crippen molar-refractivity contribution in [1.29, 1.82) is 0 Å². The second-order valence-corrected chi connectivity index (χ2v) is 19.4. The highest BCUT2D eigenvalue weighted by Gasteiger charge is 2.31. The predicted molar refractivity (Wildman–Crippen MR) is 281 cm³/mol. The van der Waals surface area contributed by atoms with Crippen molar-refractivity contribution >= 4 is 29.6 Å². The Morgan fingerprint density at radius 1 is 0.359 bits per heavy atom. The summed E-state index contributed by atoms with van der Waals surface area (Å²) < 4.78 is 31.3. The number of carboxylic acid groups (broad SMARTS) is 1. The van der Waals surface area contributed by atoms with E-state index in [9.17, 15) is 44.4 Å². The molecular formula is C56H64N6O16. The zero-order valence-electron chi connectivity index (χ0n) is 42.6. The second-order valence-electron chi connectivity index (χ2n) is 19.4. The lowest BCUT2D eigenvalue weighted by atomic mass is 9.89. The first kappa shape index (κ1) is 55.6. The lowest BCUT2D eigenvalue weighted by molar-refractivity contribution is 0.0695. The van der Waals surface area contributed by atoms with Crippen LogP contribution in [-0.4, -0.2) is 112 Å². The zero-order chi connectivity index (χ0) is 55.3. The smallest absolute Gasteiger partial charge is 0.335 e. The van der Waals surface area contributed by atoms with E-state index in [1.165, 1.54) is 61.4 Å². The molecule has 3 aliphatic heterocycles. The molecule has 414 valence electrons. The molecule has 4 amide bonds. The van der Waals surface area contributed by atoms with E-state index in [4.69, 9.17) is 45.0 Å². The maximum Gasteiger partial charge on any atom is 0.335 e. The monoisotopic (exact) mass is 1080 g/mol. The number of carbonyl (C=O) groups is 5. The number of amides is 4. The summed E-state index contributed by atoms with van der Waals surface area (Å²) in [7, 11) is 0. The Bertz CT molecular complexity index is 2810. The van der Waals surface area contributed by atoms with Gasteiger partial charge in [0, 0.05) is 58.5 Å². The van der Waals surface area contributed by atoms with E-state index in [0.29, 0.717) is 58.5 Å². The predicted octanol–water partition coefficient (Wildman–Crippen LogP) is 5.92. The average Bonchev–Trinajstić information content (AvgIpc) is 4.25. The van der Waals surface area contributed by atoms with Gasteiger partial charge in [-0.25, -0.2) is 4.79 Å². The molecule has 0 aromatic heterocycles. The van der Waals surface area contributed by atoms with Crippen molar-refractivity contribution in [3.05, 3.63) is 119 Å². The number of ether oxygens (including phenoxy) is 6.